The number of aromatic nitrogens is 3. The second kappa shape index (κ2) is 9.63. The number of hydrogen-bond acceptors (Lipinski definition) is 5. The number of aryl methyl sites for hydroxylation is 1. The summed E-state index contributed by atoms with van der Waals surface area (Å²) in [5, 5.41) is 14.0. The minimum Gasteiger partial charge on any atom is -0.380 e. The van der Waals surface area contributed by atoms with Crippen LogP contribution in [0.25, 0.3) is 6.08 Å². The smallest absolute Gasteiger partial charge is 0.257 e. The Labute approximate surface area is 209 Å². The Morgan fingerprint density at radius 1 is 1.34 bits per heavy atom. The molecule has 2 aromatic heterocycles. The summed E-state index contributed by atoms with van der Waals surface area (Å²) < 4.78 is 16.2. The highest BCUT2D eigenvalue weighted by atomic mass is 79.9. The maximum atomic E-state index is 14.4. The number of aromatic amines is 1. The summed E-state index contributed by atoms with van der Waals surface area (Å²) in [6.07, 6.45) is 9.69. The zero-order valence-corrected chi connectivity index (χ0v) is 21.1. The normalized spacial score (nSPS) is 14.2. The number of likely N-dealkylation sites (N-methyl/N-ethyl adjacent to an activating group) is 1. The summed E-state index contributed by atoms with van der Waals surface area (Å²) >= 11 is 3.21. The number of pyridine rings is 1. The molecule has 35 heavy (non-hydrogen) atoms. The predicted octanol–water partition coefficient (Wildman–Crippen LogP) is 3.86. The Kier molecular flexibility index (Phi) is 6.77. The van der Waals surface area contributed by atoms with Crippen LogP contribution in [0, 0.1) is 5.82 Å². The van der Waals surface area contributed by atoms with E-state index in [1.807, 2.05) is 24.3 Å². The van der Waals surface area contributed by atoms with E-state index in [1.165, 1.54) is 40.9 Å². The predicted molar refractivity (Wildman–Crippen MR) is 136 cm³/mol. The van der Waals surface area contributed by atoms with Gasteiger partial charge in [0.25, 0.3) is 11.5 Å². The first-order chi connectivity index (χ1) is 16.5. The topological polar surface area (TPSA) is 103 Å². The molecule has 0 radical (unpaired) electrons. The number of amides is 1. The maximum Gasteiger partial charge on any atom is 0.257 e. The SMILES string of the molecule is CN(CC(C)(O)c1nc2c([nH]1)CC=CC=C2)C(=O)c1cn(C)c(=O)cc1Nc1ccc(Br)cc1F. The number of aliphatic hydroxyl groups is 1. The Morgan fingerprint density at radius 3 is 2.86 bits per heavy atom. The van der Waals surface area contributed by atoms with Crippen LogP contribution in [0.2, 0.25) is 0 Å². The van der Waals surface area contributed by atoms with Gasteiger partial charge in [-0.2, -0.15) is 0 Å². The van der Waals surface area contributed by atoms with Crippen molar-refractivity contribution >= 4 is 39.3 Å². The van der Waals surface area contributed by atoms with Gasteiger partial charge in [0, 0.05) is 42.9 Å². The monoisotopic (exact) mass is 541 g/mol. The summed E-state index contributed by atoms with van der Waals surface area (Å²) in [4.78, 5) is 34.7. The molecule has 0 aliphatic heterocycles. The van der Waals surface area contributed by atoms with Crippen LogP contribution < -0.4 is 10.9 Å². The van der Waals surface area contributed by atoms with Gasteiger partial charge in [0.1, 0.15) is 17.2 Å². The van der Waals surface area contributed by atoms with E-state index in [2.05, 4.69) is 31.2 Å². The van der Waals surface area contributed by atoms with E-state index in [0.717, 1.165) is 11.4 Å². The zero-order chi connectivity index (χ0) is 25.3. The van der Waals surface area contributed by atoms with Gasteiger partial charge >= 0.3 is 0 Å². The molecule has 182 valence electrons. The van der Waals surface area contributed by atoms with Crippen molar-refractivity contribution in [2.24, 2.45) is 7.05 Å². The summed E-state index contributed by atoms with van der Waals surface area (Å²) in [5.74, 6) is -0.661. The molecule has 1 aliphatic rings. The van der Waals surface area contributed by atoms with Crippen LogP contribution in [0.15, 0.2) is 58.0 Å². The number of nitrogens with one attached hydrogen (secondary N) is 2. The fourth-order valence-corrected chi connectivity index (χ4v) is 4.17. The number of nitrogens with zero attached hydrogens (tertiary/aromatic N) is 3. The molecule has 2 heterocycles. The lowest BCUT2D eigenvalue weighted by atomic mass is 10.1. The number of carbonyl (C=O) groups is 1. The van der Waals surface area contributed by atoms with Crippen LogP contribution in [-0.2, 0) is 19.1 Å². The number of imidazole rings is 1. The first-order valence-corrected chi connectivity index (χ1v) is 11.7. The van der Waals surface area contributed by atoms with Gasteiger partial charge in [-0.3, -0.25) is 9.59 Å². The van der Waals surface area contributed by atoms with Crippen molar-refractivity contribution in [2.45, 2.75) is 18.9 Å². The van der Waals surface area contributed by atoms with E-state index in [4.69, 9.17) is 0 Å². The maximum absolute atomic E-state index is 14.4. The molecule has 0 fully saturated rings. The average molecular weight is 542 g/mol. The molecular formula is C25H25BrFN5O3. The number of halogens is 2. The number of hydrogen-bond donors (Lipinski definition) is 3. The van der Waals surface area contributed by atoms with Crippen LogP contribution in [0.3, 0.4) is 0 Å². The first kappa shape index (κ1) is 24.6. The standard InChI is InChI=1S/C25H25BrFN5O3/c1-25(35,24-29-19-7-5-4-6-8-20(19)30-24)14-32(3)23(34)16-13-31(2)22(33)12-21(16)28-18-10-9-15(26)11-17(18)27/h4-7,9-13,28,35H,8,14H2,1-3H3,(H,29,30). The molecule has 0 saturated heterocycles. The van der Waals surface area contributed by atoms with Crippen molar-refractivity contribution in [2.75, 3.05) is 18.9 Å². The molecule has 1 aliphatic carbocycles. The number of benzene rings is 1. The van der Waals surface area contributed by atoms with Crippen LogP contribution in [0.4, 0.5) is 15.8 Å². The number of carbonyl (C=O) groups excluding carboxylic acids is 1. The van der Waals surface area contributed by atoms with Crippen molar-refractivity contribution in [1.29, 1.82) is 0 Å². The summed E-state index contributed by atoms with van der Waals surface area (Å²) in [6.45, 7) is 1.50. The van der Waals surface area contributed by atoms with Crippen LogP contribution in [-0.4, -0.2) is 44.0 Å². The number of rotatable bonds is 6. The van der Waals surface area contributed by atoms with E-state index in [9.17, 15) is 19.1 Å². The number of H-pyrrole nitrogens is 1. The average Bonchev–Trinajstić information content (AvgIpc) is 3.09. The van der Waals surface area contributed by atoms with Gasteiger partial charge in [-0.05, 0) is 31.2 Å². The molecule has 10 heteroatoms. The lowest BCUT2D eigenvalue weighted by molar-refractivity contribution is 0.0153. The van der Waals surface area contributed by atoms with Gasteiger partial charge < -0.3 is 24.9 Å². The van der Waals surface area contributed by atoms with Gasteiger partial charge in [0.15, 0.2) is 0 Å². The first-order valence-electron chi connectivity index (χ1n) is 10.9. The van der Waals surface area contributed by atoms with E-state index in [-0.39, 0.29) is 29.0 Å². The molecule has 4 rings (SSSR count). The zero-order valence-electron chi connectivity index (χ0n) is 19.5. The minimum absolute atomic E-state index is 0.0767. The van der Waals surface area contributed by atoms with Crippen molar-refractivity contribution < 1.29 is 14.3 Å². The van der Waals surface area contributed by atoms with Crippen molar-refractivity contribution in [3.63, 3.8) is 0 Å². The Balaban J connectivity index is 1.61. The number of anilines is 2. The highest BCUT2D eigenvalue weighted by molar-refractivity contribution is 9.10. The lowest BCUT2D eigenvalue weighted by Crippen LogP contribution is -2.41. The summed E-state index contributed by atoms with van der Waals surface area (Å²) in [5.41, 5.74) is 0.198. The molecular weight excluding hydrogens is 517 g/mol. The van der Waals surface area contributed by atoms with Crippen molar-refractivity contribution in [3.8, 4) is 0 Å². The fourth-order valence-electron chi connectivity index (χ4n) is 3.84. The molecule has 3 aromatic rings. The van der Waals surface area contributed by atoms with E-state index in [0.29, 0.717) is 16.7 Å². The number of allylic oxidation sites excluding steroid dienone is 3. The highest BCUT2D eigenvalue weighted by Crippen LogP contribution is 2.27. The highest BCUT2D eigenvalue weighted by Gasteiger charge is 2.32. The molecule has 1 amide bonds. The minimum atomic E-state index is -1.47. The largest absolute Gasteiger partial charge is 0.380 e. The Morgan fingerprint density at radius 2 is 2.11 bits per heavy atom. The van der Waals surface area contributed by atoms with Gasteiger partial charge in [0.2, 0.25) is 0 Å². The van der Waals surface area contributed by atoms with Crippen molar-refractivity contribution in [1.82, 2.24) is 19.4 Å². The van der Waals surface area contributed by atoms with Crippen LogP contribution in [0.5, 0.6) is 0 Å². The molecule has 1 atom stereocenters. The third-order valence-electron chi connectivity index (χ3n) is 5.70. The molecule has 0 bridgehead atoms. The van der Waals surface area contributed by atoms with E-state index >= 15 is 0 Å². The second-order valence-corrected chi connectivity index (χ2v) is 9.59. The molecule has 0 saturated carbocycles. The number of fused-ring (bicyclic) bond motifs is 1. The van der Waals surface area contributed by atoms with Gasteiger partial charge in [-0.25, -0.2) is 9.37 Å². The molecule has 3 N–H and O–H groups in total. The van der Waals surface area contributed by atoms with Crippen LogP contribution >= 0.6 is 15.9 Å². The molecule has 8 nitrogen and oxygen atoms in total. The lowest BCUT2D eigenvalue weighted by Gasteiger charge is -2.28. The van der Waals surface area contributed by atoms with Gasteiger partial charge in [-0.1, -0.05) is 34.2 Å². The van der Waals surface area contributed by atoms with Crippen molar-refractivity contribution in [3.05, 3.63) is 92.1 Å². The van der Waals surface area contributed by atoms with Crippen LogP contribution in [0.1, 0.15) is 34.5 Å². The van der Waals surface area contributed by atoms with Gasteiger partial charge in [-0.15, -0.1) is 0 Å². The van der Waals surface area contributed by atoms with E-state index < -0.39 is 17.3 Å². The Bertz CT molecular complexity index is 1410. The second-order valence-electron chi connectivity index (χ2n) is 8.67. The quantitative estimate of drug-likeness (QED) is 0.439. The third kappa shape index (κ3) is 5.28. The third-order valence-corrected chi connectivity index (χ3v) is 6.19. The van der Waals surface area contributed by atoms with E-state index in [1.54, 1.807) is 20.0 Å². The Hall–Kier alpha value is -3.50. The summed E-state index contributed by atoms with van der Waals surface area (Å²) in [7, 11) is 3.07. The molecule has 0 spiro atoms. The molecule has 1 unspecified atom stereocenters. The fraction of sp³-hybridized carbons (Fsp3) is 0.240. The summed E-state index contributed by atoms with van der Waals surface area (Å²) in [6, 6.07) is 5.67. The van der Waals surface area contributed by atoms with Gasteiger partial charge in [0.05, 0.1) is 29.2 Å². The molecule has 1 aromatic carbocycles.